The summed E-state index contributed by atoms with van der Waals surface area (Å²) in [5.41, 5.74) is 2.94. The predicted molar refractivity (Wildman–Crippen MR) is 69.8 cm³/mol. The van der Waals surface area contributed by atoms with Gasteiger partial charge in [-0.1, -0.05) is 18.2 Å². The molecular weight excluding hydrogens is 242 g/mol. The summed E-state index contributed by atoms with van der Waals surface area (Å²) in [4.78, 5) is 12.2. The van der Waals surface area contributed by atoms with Crippen molar-refractivity contribution in [1.29, 1.82) is 0 Å². The summed E-state index contributed by atoms with van der Waals surface area (Å²) < 4.78 is 5.51. The molecule has 1 aromatic heterocycles. The molecule has 19 heavy (non-hydrogen) atoms. The predicted octanol–water partition coefficient (Wildman–Crippen LogP) is 1.51. The number of aromatic nitrogens is 2. The standard InChI is InChI=1S/C14H15N3O2/c1-9-10(7-16-17-9)6-15-14(18)12-8-19-13-5-3-2-4-11(12)13/h2-5,7,12H,6,8H2,1H3,(H,15,18)(H,16,17)/t12-/m1/s1. The van der Waals surface area contributed by atoms with E-state index in [-0.39, 0.29) is 11.8 Å². The van der Waals surface area contributed by atoms with Crippen molar-refractivity contribution in [1.82, 2.24) is 15.5 Å². The zero-order valence-electron chi connectivity index (χ0n) is 10.6. The van der Waals surface area contributed by atoms with E-state index in [4.69, 9.17) is 4.74 Å². The van der Waals surface area contributed by atoms with Gasteiger partial charge in [-0.3, -0.25) is 9.89 Å². The first-order valence-electron chi connectivity index (χ1n) is 6.24. The molecule has 0 saturated carbocycles. The fraction of sp³-hybridized carbons (Fsp3) is 0.286. The lowest BCUT2D eigenvalue weighted by Crippen LogP contribution is -2.29. The van der Waals surface area contributed by atoms with Crippen molar-refractivity contribution in [3.05, 3.63) is 47.3 Å². The van der Waals surface area contributed by atoms with Crippen molar-refractivity contribution in [2.45, 2.75) is 19.4 Å². The van der Waals surface area contributed by atoms with Crippen molar-refractivity contribution < 1.29 is 9.53 Å². The Kier molecular flexibility index (Phi) is 2.95. The third-order valence-electron chi connectivity index (χ3n) is 3.40. The Labute approximate surface area is 111 Å². The van der Waals surface area contributed by atoms with Crippen LogP contribution in [0.1, 0.15) is 22.7 Å². The molecule has 0 saturated heterocycles. The molecule has 1 atom stereocenters. The topological polar surface area (TPSA) is 67.0 Å². The number of aryl methyl sites for hydroxylation is 1. The van der Waals surface area contributed by atoms with Gasteiger partial charge in [-0.05, 0) is 13.0 Å². The summed E-state index contributed by atoms with van der Waals surface area (Å²) in [6.07, 6.45) is 1.73. The number of fused-ring (bicyclic) bond motifs is 1. The van der Waals surface area contributed by atoms with Crippen LogP contribution in [0.5, 0.6) is 5.75 Å². The Hall–Kier alpha value is -2.30. The Morgan fingerprint density at radius 3 is 3.16 bits per heavy atom. The van der Waals surface area contributed by atoms with E-state index in [0.29, 0.717) is 13.2 Å². The summed E-state index contributed by atoms with van der Waals surface area (Å²) in [5.74, 6) is 0.580. The number of para-hydroxylation sites is 1. The van der Waals surface area contributed by atoms with E-state index < -0.39 is 0 Å². The van der Waals surface area contributed by atoms with Crippen molar-refractivity contribution >= 4 is 5.91 Å². The molecule has 5 heteroatoms. The highest BCUT2D eigenvalue weighted by Crippen LogP contribution is 2.33. The van der Waals surface area contributed by atoms with Gasteiger partial charge in [0.1, 0.15) is 18.3 Å². The second kappa shape index (κ2) is 4.76. The van der Waals surface area contributed by atoms with Gasteiger partial charge in [0.2, 0.25) is 5.91 Å². The fourth-order valence-electron chi connectivity index (χ4n) is 2.24. The van der Waals surface area contributed by atoms with Crippen LogP contribution in [0.25, 0.3) is 0 Å². The second-order valence-electron chi connectivity index (χ2n) is 4.64. The van der Waals surface area contributed by atoms with E-state index in [1.54, 1.807) is 6.20 Å². The number of hydrogen-bond donors (Lipinski definition) is 2. The molecule has 0 radical (unpaired) electrons. The summed E-state index contributed by atoms with van der Waals surface area (Å²) >= 11 is 0. The van der Waals surface area contributed by atoms with E-state index >= 15 is 0 Å². The van der Waals surface area contributed by atoms with E-state index in [1.807, 2.05) is 31.2 Å². The summed E-state index contributed by atoms with van der Waals surface area (Å²) in [5, 5.41) is 9.71. The van der Waals surface area contributed by atoms with Gasteiger partial charge in [0.15, 0.2) is 0 Å². The molecular formula is C14H15N3O2. The molecule has 0 fully saturated rings. The average molecular weight is 257 g/mol. The SMILES string of the molecule is Cc1[nH]ncc1CNC(=O)[C@@H]1COc2ccccc21. The molecule has 0 spiro atoms. The number of hydrogen-bond acceptors (Lipinski definition) is 3. The van der Waals surface area contributed by atoms with Crippen LogP contribution in [0.15, 0.2) is 30.5 Å². The summed E-state index contributed by atoms with van der Waals surface area (Å²) in [7, 11) is 0. The minimum Gasteiger partial charge on any atom is -0.492 e. The molecule has 1 aliphatic rings. The molecule has 2 N–H and O–H groups in total. The number of amides is 1. The maximum absolute atomic E-state index is 12.2. The third-order valence-corrected chi connectivity index (χ3v) is 3.40. The largest absolute Gasteiger partial charge is 0.492 e. The molecule has 2 heterocycles. The van der Waals surface area contributed by atoms with Gasteiger partial charge in [0, 0.05) is 23.4 Å². The maximum Gasteiger partial charge on any atom is 0.231 e. The Morgan fingerprint density at radius 1 is 1.53 bits per heavy atom. The lowest BCUT2D eigenvalue weighted by Gasteiger charge is -2.09. The number of carbonyl (C=O) groups excluding carboxylic acids is 1. The van der Waals surface area contributed by atoms with Crippen LogP contribution >= 0.6 is 0 Å². The van der Waals surface area contributed by atoms with Crippen molar-refractivity contribution in [2.75, 3.05) is 6.61 Å². The van der Waals surface area contributed by atoms with Gasteiger partial charge in [0.05, 0.1) is 6.20 Å². The molecule has 3 rings (SSSR count). The first-order chi connectivity index (χ1) is 9.25. The molecule has 0 bridgehead atoms. The summed E-state index contributed by atoms with van der Waals surface area (Å²) in [6.45, 7) is 2.83. The Bertz CT molecular complexity index is 606. The van der Waals surface area contributed by atoms with E-state index in [0.717, 1.165) is 22.6 Å². The van der Waals surface area contributed by atoms with Crippen LogP contribution < -0.4 is 10.1 Å². The third kappa shape index (κ3) is 2.19. The fourth-order valence-corrected chi connectivity index (χ4v) is 2.24. The van der Waals surface area contributed by atoms with Gasteiger partial charge in [-0.25, -0.2) is 0 Å². The first-order valence-corrected chi connectivity index (χ1v) is 6.24. The molecule has 0 unspecified atom stereocenters. The Balaban J connectivity index is 1.68. The van der Waals surface area contributed by atoms with Gasteiger partial charge in [-0.15, -0.1) is 0 Å². The normalized spacial score (nSPS) is 16.8. The molecule has 2 aromatic rings. The average Bonchev–Trinajstić information content (AvgIpc) is 3.02. The van der Waals surface area contributed by atoms with Crippen LogP contribution in [0.3, 0.4) is 0 Å². The molecule has 1 amide bonds. The molecule has 0 aliphatic carbocycles. The number of aromatic amines is 1. The minimum atomic E-state index is -0.219. The van der Waals surface area contributed by atoms with Crippen molar-refractivity contribution in [2.24, 2.45) is 0 Å². The Morgan fingerprint density at radius 2 is 2.37 bits per heavy atom. The lowest BCUT2D eigenvalue weighted by molar-refractivity contribution is -0.122. The minimum absolute atomic E-state index is 0.00875. The zero-order chi connectivity index (χ0) is 13.2. The molecule has 98 valence electrons. The van der Waals surface area contributed by atoms with Gasteiger partial charge < -0.3 is 10.1 Å². The number of nitrogens with one attached hydrogen (secondary N) is 2. The molecule has 5 nitrogen and oxygen atoms in total. The smallest absolute Gasteiger partial charge is 0.231 e. The van der Waals surface area contributed by atoms with Crippen LogP contribution in [-0.2, 0) is 11.3 Å². The second-order valence-corrected chi connectivity index (χ2v) is 4.64. The van der Waals surface area contributed by atoms with E-state index in [2.05, 4.69) is 15.5 Å². The first kappa shape index (κ1) is 11.8. The van der Waals surface area contributed by atoms with Crippen LogP contribution in [-0.4, -0.2) is 22.7 Å². The quantitative estimate of drug-likeness (QED) is 0.875. The highest BCUT2D eigenvalue weighted by Gasteiger charge is 2.29. The highest BCUT2D eigenvalue weighted by atomic mass is 16.5. The van der Waals surface area contributed by atoms with Crippen molar-refractivity contribution in [3.63, 3.8) is 0 Å². The highest BCUT2D eigenvalue weighted by molar-refractivity contribution is 5.85. The monoisotopic (exact) mass is 257 g/mol. The zero-order valence-corrected chi connectivity index (χ0v) is 10.6. The van der Waals surface area contributed by atoms with Crippen LogP contribution in [0.4, 0.5) is 0 Å². The van der Waals surface area contributed by atoms with Gasteiger partial charge in [-0.2, -0.15) is 5.10 Å². The van der Waals surface area contributed by atoms with Gasteiger partial charge in [0.25, 0.3) is 0 Å². The number of H-pyrrole nitrogens is 1. The van der Waals surface area contributed by atoms with E-state index in [1.165, 1.54) is 0 Å². The van der Waals surface area contributed by atoms with E-state index in [9.17, 15) is 4.79 Å². The number of nitrogens with zero attached hydrogens (tertiary/aromatic N) is 1. The van der Waals surface area contributed by atoms with Gasteiger partial charge >= 0.3 is 0 Å². The lowest BCUT2D eigenvalue weighted by atomic mass is 10.0. The van der Waals surface area contributed by atoms with Crippen LogP contribution in [0, 0.1) is 6.92 Å². The number of rotatable bonds is 3. The number of benzene rings is 1. The maximum atomic E-state index is 12.2. The number of ether oxygens (including phenoxy) is 1. The van der Waals surface area contributed by atoms with Crippen molar-refractivity contribution in [3.8, 4) is 5.75 Å². The number of carbonyl (C=O) groups is 1. The summed E-state index contributed by atoms with van der Waals surface area (Å²) in [6, 6.07) is 7.67. The van der Waals surface area contributed by atoms with Crippen LogP contribution in [0.2, 0.25) is 0 Å². The molecule has 1 aromatic carbocycles. The molecule has 1 aliphatic heterocycles.